The molecule has 0 radical (unpaired) electrons. The molecule has 0 aliphatic carbocycles. The van der Waals surface area contributed by atoms with E-state index in [9.17, 15) is 9.59 Å². The summed E-state index contributed by atoms with van der Waals surface area (Å²) in [6, 6.07) is 21.6. The van der Waals surface area contributed by atoms with Crippen molar-refractivity contribution in [1.29, 1.82) is 0 Å². The number of amides is 2. The lowest BCUT2D eigenvalue weighted by molar-refractivity contribution is -0.129. The Morgan fingerprint density at radius 2 is 1.60 bits per heavy atom. The van der Waals surface area contributed by atoms with Crippen LogP contribution in [0, 0.1) is 0 Å². The average Bonchev–Trinajstić information content (AvgIpc) is 2.78. The number of piperazine rings is 1. The van der Waals surface area contributed by atoms with Crippen molar-refractivity contribution in [3.8, 4) is 5.75 Å². The molecule has 6 heteroatoms. The Hall–Kier alpha value is -3.54. The molecule has 1 fully saturated rings. The van der Waals surface area contributed by atoms with Crippen molar-refractivity contribution in [1.82, 2.24) is 4.90 Å². The highest BCUT2D eigenvalue weighted by molar-refractivity contribution is 5.95. The van der Waals surface area contributed by atoms with Crippen molar-refractivity contribution in [2.75, 3.05) is 43.0 Å². The Labute approximate surface area is 176 Å². The maximum atomic E-state index is 12.5. The van der Waals surface area contributed by atoms with Gasteiger partial charge in [0.05, 0.1) is 11.4 Å². The number of anilines is 2. The van der Waals surface area contributed by atoms with Crippen LogP contribution in [0.15, 0.2) is 66.7 Å². The van der Waals surface area contributed by atoms with E-state index in [-0.39, 0.29) is 18.4 Å². The highest BCUT2D eigenvalue weighted by Gasteiger charge is 2.21. The largest absolute Gasteiger partial charge is 0.484 e. The molecule has 1 heterocycles. The van der Waals surface area contributed by atoms with Crippen LogP contribution in [0.25, 0.3) is 10.8 Å². The number of benzene rings is 3. The number of carbonyl (C=O) groups is 2. The first-order valence-electron chi connectivity index (χ1n) is 10.1. The molecule has 1 aliphatic rings. The van der Waals surface area contributed by atoms with Gasteiger partial charge in [0.2, 0.25) is 5.91 Å². The van der Waals surface area contributed by atoms with Crippen molar-refractivity contribution in [3.63, 3.8) is 0 Å². The molecule has 1 saturated heterocycles. The van der Waals surface area contributed by atoms with Gasteiger partial charge in [-0.25, -0.2) is 0 Å². The number of carbonyl (C=O) groups excluding carboxylic acids is 2. The normalized spacial score (nSPS) is 13.9. The lowest BCUT2D eigenvalue weighted by atomic mass is 10.1. The number of hydrogen-bond acceptors (Lipinski definition) is 4. The van der Waals surface area contributed by atoms with Gasteiger partial charge in [-0.05, 0) is 35.0 Å². The zero-order chi connectivity index (χ0) is 20.9. The number of ether oxygens (including phenoxy) is 1. The maximum absolute atomic E-state index is 12.5. The van der Waals surface area contributed by atoms with E-state index in [1.165, 1.54) is 0 Å². The second kappa shape index (κ2) is 8.86. The Balaban J connectivity index is 1.38. The van der Waals surface area contributed by atoms with Crippen LogP contribution in [0.1, 0.15) is 6.92 Å². The molecular weight excluding hydrogens is 378 g/mol. The molecule has 0 spiro atoms. The zero-order valence-electron chi connectivity index (χ0n) is 17.0. The number of hydrogen-bond donors (Lipinski definition) is 1. The van der Waals surface area contributed by atoms with Gasteiger partial charge in [0.1, 0.15) is 5.75 Å². The second-order valence-corrected chi connectivity index (χ2v) is 7.36. The molecule has 0 unspecified atom stereocenters. The van der Waals surface area contributed by atoms with Crippen molar-refractivity contribution >= 4 is 34.0 Å². The molecule has 3 aromatic rings. The summed E-state index contributed by atoms with van der Waals surface area (Å²) in [6.07, 6.45) is 0. The predicted molar refractivity (Wildman–Crippen MR) is 119 cm³/mol. The highest BCUT2D eigenvalue weighted by atomic mass is 16.5. The van der Waals surface area contributed by atoms with Gasteiger partial charge in [-0.15, -0.1) is 0 Å². The highest BCUT2D eigenvalue weighted by Crippen LogP contribution is 2.27. The lowest BCUT2D eigenvalue weighted by Crippen LogP contribution is -2.48. The molecule has 0 bridgehead atoms. The molecule has 4 rings (SSSR count). The minimum Gasteiger partial charge on any atom is -0.484 e. The molecule has 0 atom stereocenters. The first-order chi connectivity index (χ1) is 14.6. The van der Waals surface area contributed by atoms with Crippen LogP contribution in [0.3, 0.4) is 0 Å². The van der Waals surface area contributed by atoms with E-state index in [4.69, 9.17) is 4.74 Å². The topological polar surface area (TPSA) is 61.9 Å². The average molecular weight is 403 g/mol. The molecule has 2 amide bonds. The molecule has 1 aliphatic heterocycles. The molecule has 3 aromatic carbocycles. The number of para-hydroxylation sites is 2. The number of fused-ring (bicyclic) bond motifs is 1. The second-order valence-electron chi connectivity index (χ2n) is 7.36. The fraction of sp³-hybridized carbons (Fsp3) is 0.250. The smallest absolute Gasteiger partial charge is 0.262 e. The summed E-state index contributed by atoms with van der Waals surface area (Å²) >= 11 is 0. The van der Waals surface area contributed by atoms with Crippen LogP contribution in [-0.2, 0) is 9.59 Å². The Morgan fingerprint density at radius 1 is 0.900 bits per heavy atom. The first-order valence-corrected chi connectivity index (χ1v) is 10.1. The molecule has 1 N–H and O–H groups in total. The van der Waals surface area contributed by atoms with Gasteiger partial charge in [-0.1, -0.05) is 42.5 Å². The third kappa shape index (κ3) is 4.54. The number of rotatable bonds is 5. The van der Waals surface area contributed by atoms with Gasteiger partial charge in [0, 0.05) is 33.1 Å². The summed E-state index contributed by atoms with van der Waals surface area (Å²) in [6.45, 7) is 4.37. The third-order valence-electron chi connectivity index (χ3n) is 5.33. The Kier molecular flexibility index (Phi) is 5.84. The standard InChI is InChI=1S/C24H25N3O3/c1-18(28)26-12-14-27(15-13-26)23-9-5-4-8-22(23)25-24(29)17-30-21-11-10-19-6-2-3-7-20(19)16-21/h2-11,16H,12-15,17H2,1H3,(H,25,29). The van der Waals surface area contributed by atoms with Gasteiger partial charge in [-0.2, -0.15) is 0 Å². The van der Waals surface area contributed by atoms with E-state index in [2.05, 4.69) is 10.2 Å². The summed E-state index contributed by atoms with van der Waals surface area (Å²) in [7, 11) is 0. The van der Waals surface area contributed by atoms with Crippen LogP contribution >= 0.6 is 0 Å². The van der Waals surface area contributed by atoms with Gasteiger partial charge in [-0.3, -0.25) is 9.59 Å². The molecule has 0 aromatic heterocycles. The van der Waals surface area contributed by atoms with Crippen LogP contribution in [0.5, 0.6) is 5.75 Å². The summed E-state index contributed by atoms with van der Waals surface area (Å²) < 4.78 is 5.70. The maximum Gasteiger partial charge on any atom is 0.262 e. The van der Waals surface area contributed by atoms with Crippen molar-refractivity contribution in [2.45, 2.75) is 6.92 Å². The summed E-state index contributed by atoms with van der Waals surface area (Å²) in [4.78, 5) is 28.1. The summed E-state index contributed by atoms with van der Waals surface area (Å²) in [5.41, 5.74) is 1.71. The molecule has 154 valence electrons. The molecule has 0 saturated carbocycles. The molecule has 6 nitrogen and oxygen atoms in total. The van der Waals surface area contributed by atoms with E-state index in [1.807, 2.05) is 71.6 Å². The van der Waals surface area contributed by atoms with Crippen molar-refractivity contribution < 1.29 is 14.3 Å². The van der Waals surface area contributed by atoms with Crippen LogP contribution in [0.4, 0.5) is 11.4 Å². The van der Waals surface area contributed by atoms with E-state index in [1.54, 1.807) is 6.92 Å². The Bertz CT molecular complexity index is 1060. The predicted octanol–water partition coefficient (Wildman–Crippen LogP) is 3.53. The number of nitrogens with zero attached hydrogens (tertiary/aromatic N) is 2. The van der Waals surface area contributed by atoms with E-state index >= 15 is 0 Å². The van der Waals surface area contributed by atoms with Gasteiger partial charge in [0.15, 0.2) is 6.61 Å². The zero-order valence-corrected chi connectivity index (χ0v) is 17.0. The SMILES string of the molecule is CC(=O)N1CCN(c2ccccc2NC(=O)COc2ccc3ccccc3c2)CC1. The van der Waals surface area contributed by atoms with Gasteiger partial charge in [0.25, 0.3) is 5.91 Å². The fourth-order valence-electron chi connectivity index (χ4n) is 3.71. The van der Waals surface area contributed by atoms with Crippen molar-refractivity contribution in [2.24, 2.45) is 0 Å². The third-order valence-corrected chi connectivity index (χ3v) is 5.33. The fourth-order valence-corrected chi connectivity index (χ4v) is 3.71. The number of nitrogens with one attached hydrogen (secondary N) is 1. The van der Waals surface area contributed by atoms with Gasteiger partial charge < -0.3 is 19.9 Å². The minimum atomic E-state index is -0.210. The first kappa shape index (κ1) is 19.8. The quantitative estimate of drug-likeness (QED) is 0.708. The van der Waals surface area contributed by atoms with Crippen molar-refractivity contribution in [3.05, 3.63) is 66.7 Å². The molecule has 30 heavy (non-hydrogen) atoms. The van der Waals surface area contributed by atoms with Crippen LogP contribution in [0.2, 0.25) is 0 Å². The molecular formula is C24H25N3O3. The van der Waals surface area contributed by atoms with E-state index < -0.39 is 0 Å². The van der Waals surface area contributed by atoms with Gasteiger partial charge >= 0.3 is 0 Å². The summed E-state index contributed by atoms with van der Waals surface area (Å²) in [5.74, 6) is 0.553. The lowest BCUT2D eigenvalue weighted by Gasteiger charge is -2.36. The van der Waals surface area contributed by atoms with E-state index in [0.717, 1.165) is 35.2 Å². The summed E-state index contributed by atoms with van der Waals surface area (Å²) in [5, 5.41) is 5.17. The van der Waals surface area contributed by atoms with E-state index in [0.29, 0.717) is 18.8 Å². The van der Waals surface area contributed by atoms with Crippen LogP contribution < -0.4 is 15.0 Å². The van der Waals surface area contributed by atoms with Crippen LogP contribution in [-0.4, -0.2) is 49.5 Å². The Morgan fingerprint density at radius 3 is 2.37 bits per heavy atom. The minimum absolute atomic E-state index is 0.0647. The monoisotopic (exact) mass is 403 g/mol.